The molecule has 2 N–H and O–H groups in total. The van der Waals surface area contributed by atoms with E-state index in [1.807, 2.05) is 27.7 Å². The molecule has 0 aromatic rings. The predicted octanol–water partition coefficient (Wildman–Crippen LogP) is 4.43. The monoisotopic (exact) mass is 300 g/mol. The minimum absolute atomic E-state index is 0.144. The van der Waals surface area contributed by atoms with Crippen molar-refractivity contribution in [2.24, 2.45) is 22.7 Å². The Bertz CT molecular complexity index is 356. The van der Waals surface area contributed by atoms with E-state index in [-0.39, 0.29) is 5.92 Å². The zero-order valence-electron chi connectivity index (χ0n) is 14.4. The Morgan fingerprint density at radius 2 is 1.29 bits per heavy atom. The molecule has 0 saturated heterocycles. The van der Waals surface area contributed by atoms with Gasteiger partial charge in [-0.15, -0.1) is 0 Å². The number of hydrogen-bond donors (Lipinski definition) is 2. The van der Waals surface area contributed by atoms with Gasteiger partial charge in [0.15, 0.2) is 0 Å². The molecule has 0 amide bonds. The first-order valence-corrected chi connectivity index (χ1v) is 8.06. The van der Waals surface area contributed by atoms with Crippen molar-refractivity contribution in [3.63, 3.8) is 0 Å². The maximum absolute atomic E-state index is 12.2. The third-order valence-corrected chi connectivity index (χ3v) is 4.85. The molecule has 0 heterocycles. The van der Waals surface area contributed by atoms with Crippen molar-refractivity contribution in [2.45, 2.75) is 73.6 Å². The molecule has 0 aliphatic heterocycles. The number of carbonyl (C=O) groups is 2. The second-order valence-electron chi connectivity index (χ2n) is 7.01. The minimum atomic E-state index is -1.20. The van der Waals surface area contributed by atoms with Crippen LogP contribution in [0.15, 0.2) is 0 Å². The van der Waals surface area contributed by atoms with E-state index in [0.29, 0.717) is 31.6 Å². The van der Waals surface area contributed by atoms with Gasteiger partial charge >= 0.3 is 11.9 Å². The molecular weight excluding hydrogens is 268 g/mol. The number of aliphatic carboxylic acids is 2. The largest absolute Gasteiger partial charge is 0.481 e. The molecule has 0 rings (SSSR count). The molecule has 0 fully saturated rings. The fourth-order valence-corrected chi connectivity index (χ4v) is 3.60. The zero-order valence-corrected chi connectivity index (χ0v) is 14.4. The molecule has 1 atom stereocenters. The van der Waals surface area contributed by atoms with Gasteiger partial charge in [-0.2, -0.15) is 0 Å². The molecule has 1 unspecified atom stereocenters. The second-order valence-corrected chi connectivity index (χ2v) is 7.01. The molecule has 0 aliphatic carbocycles. The van der Waals surface area contributed by atoms with Crippen LogP contribution in [0.3, 0.4) is 0 Å². The van der Waals surface area contributed by atoms with Crippen LogP contribution in [0.4, 0.5) is 0 Å². The molecular formula is C17H32O4. The smallest absolute Gasteiger partial charge is 0.310 e. The van der Waals surface area contributed by atoms with Crippen LogP contribution in [-0.2, 0) is 9.59 Å². The summed E-state index contributed by atoms with van der Waals surface area (Å²) >= 11 is 0. The first-order chi connectivity index (χ1) is 9.59. The van der Waals surface area contributed by atoms with E-state index in [4.69, 9.17) is 0 Å². The van der Waals surface area contributed by atoms with Crippen LogP contribution >= 0.6 is 0 Å². The fourth-order valence-electron chi connectivity index (χ4n) is 3.60. The van der Waals surface area contributed by atoms with Crippen molar-refractivity contribution in [1.29, 1.82) is 0 Å². The Hall–Kier alpha value is -1.06. The minimum Gasteiger partial charge on any atom is -0.481 e. The highest BCUT2D eigenvalue weighted by atomic mass is 16.4. The normalized spacial score (nSPS) is 15.2. The zero-order chi connectivity index (χ0) is 16.8. The summed E-state index contributed by atoms with van der Waals surface area (Å²) in [5, 5.41) is 19.8. The van der Waals surface area contributed by atoms with E-state index in [0.717, 1.165) is 6.42 Å². The third kappa shape index (κ3) is 3.98. The average molecular weight is 300 g/mol. The quantitative estimate of drug-likeness (QED) is 0.626. The van der Waals surface area contributed by atoms with Gasteiger partial charge in [0.05, 0.1) is 10.8 Å². The maximum Gasteiger partial charge on any atom is 0.310 e. The van der Waals surface area contributed by atoms with Crippen molar-refractivity contribution in [3.05, 3.63) is 0 Å². The molecule has 0 saturated carbocycles. The highest BCUT2D eigenvalue weighted by Crippen LogP contribution is 2.53. The molecule has 0 aliphatic rings. The Kier molecular flexibility index (Phi) is 7.41. The highest BCUT2D eigenvalue weighted by Gasteiger charge is 2.58. The Morgan fingerprint density at radius 1 is 0.857 bits per heavy atom. The summed E-state index contributed by atoms with van der Waals surface area (Å²) in [6.07, 6.45) is 2.25. The van der Waals surface area contributed by atoms with Gasteiger partial charge in [-0.05, 0) is 43.9 Å². The lowest BCUT2D eigenvalue weighted by molar-refractivity contribution is -0.179. The van der Waals surface area contributed by atoms with Crippen LogP contribution in [0, 0.1) is 22.7 Å². The summed E-state index contributed by atoms with van der Waals surface area (Å²) in [5.74, 6) is -1.43. The molecule has 4 heteroatoms. The average Bonchev–Trinajstić information content (AvgIpc) is 2.36. The van der Waals surface area contributed by atoms with Crippen LogP contribution in [0.5, 0.6) is 0 Å². The van der Waals surface area contributed by atoms with Crippen molar-refractivity contribution >= 4 is 11.9 Å². The maximum atomic E-state index is 12.2. The van der Waals surface area contributed by atoms with E-state index in [1.54, 1.807) is 13.8 Å². The summed E-state index contributed by atoms with van der Waals surface area (Å²) in [6.45, 7) is 11.6. The number of carboxylic acid groups (broad SMARTS) is 2. The van der Waals surface area contributed by atoms with Gasteiger partial charge in [0, 0.05) is 0 Å². The first kappa shape index (κ1) is 19.9. The van der Waals surface area contributed by atoms with Crippen LogP contribution in [-0.4, -0.2) is 22.2 Å². The Labute approximate surface area is 128 Å². The van der Waals surface area contributed by atoms with Crippen LogP contribution in [0.25, 0.3) is 0 Å². The SMILES string of the molecule is CCC(CC)(C(=O)O)C(CCC(C)C)(CC(C)C)C(=O)O. The lowest BCUT2D eigenvalue weighted by atomic mass is 9.55. The van der Waals surface area contributed by atoms with Gasteiger partial charge in [-0.1, -0.05) is 41.5 Å². The van der Waals surface area contributed by atoms with Gasteiger partial charge in [0.25, 0.3) is 0 Å². The van der Waals surface area contributed by atoms with Gasteiger partial charge in [-0.3, -0.25) is 9.59 Å². The van der Waals surface area contributed by atoms with E-state index in [2.05, 4.69) is 0 Å². The number of carboxylic acids is 2. The van der Waals surface area contributed by atoms with Gasteiger partial charge in [-0.25, -0.2) is 0 Å². The fraction of sp³-hybridized carbons (Fsp3) is 0.882. The molecule has 0 aromatic carbocycles. The highest BCUT2D eigenvalue weighted by molar-refractivity contribution is 5.86. The first-order valence-electron chi connectivity index (χ1n) is 8.06. The molecule has 0 bridgehead atoms. The topological polar surface area (TPSA) is 74.6 Å². The summed E-state index contributed by atoms with van der Waals surface area (Å²) in [7, 11) is 0. The Balaban J connectivity index is 6.04. The van der Waals surface area contributed by atoms with Crippen LogP contribution in [0.2, 0.25) is 0 Å². The van der Waals surface area contributed by atoms with E-state index < -0.39 is 22.8 Å². The predicted molar refractivity (Wildman–Crippen MR) is 84.2 cm³/mol. The lowest BCUT2D eigenvalue weighted by Gasteiger charge is -2.46. The van der Waals surface area contributed by atoms with E-state index in [1.165, 1.54) is 0 Å². The van der Waals surface area contributed by atoms with Gasteiger partial charge in [0.2, 0.25) is 0 Å². The molecule has 124 valence electrons. The third-order valence-electron chi connectivity index (χ3n) is 4.85. The standard InChI is InChI=1S/C17H32O4/c1-7-16(8-2,14(18)19)17(15(20)21,11-13(5)6)10-9-12(3)4/h12-13H,7-11H2,1-6H3,(H,18,19)(H,20,21). The molecule has 0 radical (unpaired) electrons. The number of rotatable bonds is 10. The number of hydrogen-bond acceptors (Lipinski definition) is 2. The van der Waals surface area contributed by atoms with Crippen molar-refractivity contribution < 1.29 is 19.8 Å². The van der Waals surface area contributed by atoms with Crippen molar-refractivity contribution in [3.8, 4) is 0 Å². The van der Waals surface area contributed by atoms with Crippen LogP contribution < -0.4 is 0 Å². The lowest BCUT2D eigenvalue weighted by Crippen LogP contribution is -2.53. The van der Waals surface area contributed by atoms with E-state index >= 15 is 0 Å². The summed E-state index contributed by atoms with van der Waals surface area (Å²) in [5.41, 5.74) is -2.39. The molecule has 0 aromatic heterocycles. The van der Waals surface area contributed by atoms with Gasteiger partial charge < -0.3 is 10.2 Å². The summed E-state index contributed by atoms with van der Waals surface area (Å²) in [4.78, 5) is 24.2. The second kappa shape index (κ2) is 7.81. The Morgan fingerprint density at radius 3 is 1.52 bits per heavy atom. The van der Waals surface area contributed by atoms with Crippen molar-refractivity contribution in [2.75, 3.05) is 0 Å². The molecule has 21 heavy (non-hydrogen) atoms. The molecule has 4 nitrogen and oxygen atoms in total. The van der Waals surface area contributed by atoms with Crippen molar-refractivity contribution in [1.82, 2.24) is 0 Å². The summed E-state index contributed by atoms with van der Waals surface area (Å²) in [6, 6.07) is 0. The van der Waals surface area contributed by atoms with Crippen LogP contribution in [0.1, 0.15) is 73.6 Å². The van der Waals surface area contributed by atoms with Gasteiger partial charge in [0.1, 0.15) is 0 Å². The molecule has 0 spiro atoms. The van der Waals surface area contributed by atoms with E-state index in [9.17, 15) is 19.8 Å². The summed E-state index contributed by atoms with van der Waals surface area (Å²) < 4.78 is 0.